The first-order valence-corrected chi connectivity index (χ1v) is 7.84. The first kappa shape index (κ1) is 14.2. The van der Waals surface area contributed by atoms with Crippen LogP contribution in [0.3, 0.4) is 0 Å². The highest BCUT2D eigenvalue weighted by molar-refractivity contribution is 7.13. The Labute approximate surface area is 121 Å². The van der Waals surface area contributed by atoms with Gasteiger partial charge in [-0.05, 0) is 37.4 Å². The summed E-state index contributed by atoms with van der Waals surface area (Å²) in [5.41, 5.74) is 0. The van der Waals surface area contributed by atoms with E-state index < -0.39 is 5.97 Å². The Hall–Kier alpha value is -1.17. The Morgan fingerprint density at radius 3 is 2.53 bits per heavy atom. The third-order valence-corrected chi connectivity index (χ3v) is 4.82. The molecule has 2 rings (SSSR count). The lowest BCUT2D eigenvalue weighted by Crippen LogP contribution is -2.29. The van der Waals surface area contributed by atoms with Crippen molar-refractivity contribution in [1.29, 1.82) is 0 Å². The van der Waals surface area contributed by atoms with Crippen molar-refractivity contribution in [2.75, 3.05) is 0 Å². The van der Waals surface area contributed by atoms with Gasteiger partial charge in [-0.3, -0.25) is 4.90 Å². The molecule has 0 saturated heterocycles. The molecule has 0 saturated carbocycles. The second-order valence-corrected chi connectivity index (χ2v) is 6.85. The van der Waals surface area contributed by atoms with Crippen LogP contribution in [0.15, 0.2) is 29.6 Å². The monoisotopic (exact) mass is 295 g/mol. The van der Waals surface area contributed by atoms with E-state index in [2.05, 4.69) is 36.3 Å². The van der Waals surface area contributed by atoms with Crippen LogP contribution >= 0.6 is 22.7 Å². The molecule has 2 aromatic rings. The third kappa shape index (κ3) is 3.89. The van der Waals surface area contributed by atoms with Gasteiger partial charge in [0, 0.05) is 28.9 Å². The van der Waals surface area contributed by atoms with Crippen molar-refractivity contribution in [2.24, 2.45) is 0 Å². The van der Waals surface area contributed by atoms with Gasteiger partial charge in [0.15, 0.2) is 0 Å². The SMILES string of the molecule is CC(C)N(Cc1cccs1)Cc1ccc(C(=O)O)s1. The molecule has 0 unspecified atom stereocenters. The largest absolute Gasteiger partial charge is 0.477 e. The van der Waals surface area contributed by atoms with Crippen molar-refractivity contribution in [3.8, 4) is 0 Å². The summed E-state index contributed by atoms with van der Waals surface area (Å²) in [5.74, 6) is -0.842. The number of hydrogen-bond acceptors (Lipinski definition) is 4. The Bertz CT molecular complexity index is 531. The summed E-state index contributed by atoms with van der Waals surface area (Å²) in [7, 11) is 0. The fraction of sp³-hybridized carbons (Fsp3) is 0.357. The van der Waals surface area contributed by atoms with Crippen molar-refractivity contribution in [3.63, 3.8) is 0 Å². The van der Waals surface area contributed by atoms with E-state index in [-0.39, 0.29) is 0 Å². The molecule has 0 amide bonds. The molecule has 0 radical (unpaired) electrons. The minimum Gasteiger partial charge on any atom is -0.477 e. The fourth-order valence-electron chi connectivity index (χ4n) is 1.80. The molecule has 19 heavy (non-hydrogen) atoms. The van der Waals surface area contributed by atoms with Gasteiger partial charge in [0.1, 0.15) is 4.88 Å². The van der Waals surface area contributed by atoms with Crippen LogP contribution in [0.25, 0.3) is 0 Å². The molecule has 3 nitrogen and oxygen atoms in total. The summed E-state index contributed by atoms with van der Waals surface area (Å²) in [6.07, 6.45) is 0. The van der Waals surface area contributed by atoms with Crippen LogP contribution in [-0.4, -0.2) is 22.0 Å². The average Bonchev–Trinajstić information content (AvgIpc) is 2.98. The molecule has 2 heterocycles. The zero-order chi connectivity index (χ0) is 13.8. The third-order valence-electron chi connectivity index (χ3n) is 2.90. The fourth-order valence-corrected chi connectivity index (χ4v) is 3.40. The summed E-state index contributed by atoms with van der Waals surface area (Å²) in [5, 5.41) is 11.0. The van der Waals surface area contributed by atoms with Crippen LogP contribution < -0.4 is 0 Å². The molecule has 2 aromatic heterocycles. The van der Waals surface area contributed by atoms with Crippen LogP contribution in [0.1, 0.15) is 33.3 Å². The lowest BCUT2D eigenvalue weighted by molar-refractivity contribution is 0.0702. The second kappa shape index (κ2) is 6.32. The summed E-state index contributed by atoms with van der Waals surface area (Å²) >= 11 is 3.12. The second-order valence-electron chi connectivity index (χ2n) is 4.65. The molecule has 0 fully saturated rings. The molecule has 0 spiro atoms. The highest BCUT2D eigenvalue weighted by atomic mass is 32.1. The molecule has 0 aliphatic rings. The van der Waals surface area contributed by atoms with Gasteiger partial charge in [-0.25, -0.2) is 4.79 Å². The van der Waals surface area contributed by atoms with Crippen molar-refractivity contribution < 1.29 is 9.90 Å². The van der Waals surface area contributed by atoms with Crippen LogP contribution in [-0.2, 0) is 13.1 Å². The van der Waals surface area contributed by atoms with E-state index in [0.29, 0.717) is 10.9 Å². The number of rotatable bonds is 6. The van der Waals surface area contributed by atoms with E-state index in [1.165, 1.54) is 16.2 Å². The van der Waals surface area contributed by atoms with Crippen molar-refractivity contribution in [3.05, 3.63) is 44.3 Å². The minimum atomic E-state index is -0.842. The maximum atomic E-state index is 10.9. The van der Waals surface area contributed by atoms with Crippen LogP contribution in [0.5, 0.6) is 0 Å². The van der Waals surface area contributed by atoms with Crippen LogP contribution in [0.4, 0.5) is 0 Å². The number of carboxylic acids is 1. The van der Waals surface area contributed by atoms with Crippen LogP contribution in [0, 0.1) is 0 Å². The van der Waals surface area contributed by atoms with Gasteiger partial charge >= 0.3 is 5.97 Å². The molecule has 0 aromatic carbocycles. The van der Waals surface area contributed by atoms with Gasteiger partial charge in [0.05, 0.1) is 0 Å². The molecule has 102 valence electrons. The maximum absolute atomic E-state index is 10.9. The number of nitrogens with zero attached hydrogens (tertiary/aromatic N) is 1. The van der Waals surface area contributed by atoms with E-state index in [4.69, 9.17) is 5.11 Å². The van der Waals surface area contributed by atoms with Crippen molar-refractivity contribution >= 4 is 28.6 Å². The standard InChI is InChI=1S/C14H17NO2S2/c1-10(2)15(8-11-4-3-7-18-11)9-12-5-6-13(19-12)14(16)17/h3-7,10H,8-9H2,1-2H3,(H,16,17). The number of thiophene rings is 2. The van der Waals surface area contributed by atoms with Gasteiger partial charge < -0.3 is 5.11 Å². The molecule has 0 bridgehead atoms. The van der Waals surface area contributed by atoms with E-state index in [1.54, 1.807) is 17.4 Å². The highest BCUT2D eigenvalue weighted by Gasteiger charge is 2.14. The topological polar surface area (TPSA) is 40.5 Å². The van der Waals surface area contributed by atoms with E-state index in [1.807, 2.05) is 6.07 Å². The quantitative estimate of drug-likeness (QED) is 0.878. The molecule has 0 aliphatic heterocycles. The summed E-state index contributed by atoms with van der Waals surface area (Å²) in [6.45, 7) is 6.04. The summed E-state index contributed by atoms with van der Waals surface area (Å²) < 4.78 is 0. The first-order valence-electron chi connectivity index (χ1n) is 6.14. The van der Waals surface area contributed by atoms with Gasteiger partial charge in [-0.15, -0.1) is 22.7 Å². The lowest BCUT2D eigenvalue weighted by atomic mass is 10.3. The normalized spacial score (nSPS) is 11.4. The Morgan fingerprint density at radius 1 is 1.26 bits per heavy atom. The smallest absolute Gasteiger partial charge is 0.345 e. The Morgan fingerprint density at radius 2 is 2.00 bits per heavy atom. The molecule has 5 heteroatoms. The van der Waals surface area contributed by atoms with Gasteiger partial charge in [0.2, 0.25) is 0 Å². The van der Waals surface area contributed by atoms with Crippen molar-refractivity contribution in [2.45, 2.75) is 33.0 Å². The Balaban J connectivity index is 2.05. The summed E-state index contributed by atoms with van der Waals surface area (Å²) in [4.78, 5) is 16.1. The number of aromatic carboxylic acids is 1. The zero-order valence-corrected chi connectivity index (χ0v) is 12.6. The van der Waals surface area contributed by atoms with E-state index >= 15 is 0 Å². The van der Waals surface area contributed by atoms with Crippen molar-refractivity contribution in [1.82, 2.24) is 4.90 Å². The molecule has 0 atom stereocenters. The van der Waals surface area contributed by atoms with Gasteiger partial charge in [0.25, 0.3) is 0 Å². The van der Waals surface area contributed by atoms with Gasteiger partial charge in [-0.2, -0.15) is 0 Å². The molecule has 1 N–H and O–H groups in total. The summed E-state index contributed by atoms with van der Waals surface area (Å²) in [6, 6.07) is 8.23. The zero-order valence-electron chi connectivity index (χ0n) is 11.0. The van der Waals surface area contributed by atoms with E-state index in [9.17, 15) is 4.79 Å². The maximum Gasteiger partial charge on any atom is 0.345 e. The van der Waals surface area contributed by atoms with E-state index in [0.717, 1.165) is 18.0 Å². The predicted octanol–water partition coefficient (Wildman–Crippen LogP) is 3.92. The number of carboxylic acid groups (broad SMARTS) is 1. The lowest BCUT2D eigenvalue weighted by Gasteiger charge is -2.25. The first-order chi connectivity index (χ1) is 9.06. The molecular formula is C14H17NO2S2. The molecule has 0 aliphatic carbocycles. The van der Waals surface area contributed by atoms with Crippen LogP contribution in [0.2, 0.25) is 0 Å². The minimum absolute atomic E-state index is 0.412. The Kier molecular flexibility index (Phi) is 4.74. The number of carbonyl (C=O) groups is 1. The predicted molar refractivity (Wildman–Crippen MR) is 80.0 cm³/mol. The highest BCUT2D eigenvalue weighted by Crippen LogP contribution is 2.21. The molecular weight excluding hydrogens is 278 g/mol. The number of hydrogen-bond donors (Lipinski definition) is 1. The van der Waals surface area contributed by atoms with Gasteiger partial charge in [-0.1, -0.05) is 6.07 Å². The average molecular weight is 295 g/mol.